The molecule has 0 aliphatic heterocycles. The number of rotatable bonds is 4. The Bertz CT molecular complexity index is 284. The van der Waals surface area contributed by atoms with Crippen LogP contribution >= 0.6 is 0 Å². The molecule has 1 unspecified atom stereocenters. The lowest BCUT2D eigenvalue weighted by molar-refractivity contribution is -0.148. The minimum Gasteiger partial charge on any atom is -0.467 e. The maximum absolute atomic E-state index is 11.5. The summed E-state index contributed by atoms with van der Waals surface area (Å²) >= 11 is 0. The van der Waals surface area contributed by atoms with E-state index in [1.165, 1.54) is 14.0 Å². The van der Waals surface area contributed by atoms with Gasteiger partial charge in [-0.3, -0.25) is 0 Å². The molecule has 6 nitrogen and oxygen atoms in total. The first kappa shape index (κ1) is 15.7. The molecule has 0 aliphatic carbocycles. The van der Waals surface area contributed by atoms with Crippen LogP contribution in [0.5, 0.6) is 0 Å². The molecule has 0 saturated carbocycles. The number of carbonyl (C=O) groups is 2. The molecule has 17 heavy (non-hydrogen) atoms. The first-order valence-corrected chi connectivity index (χ1v) is 5.35. The van der Waals surface area contributed by atoms with Crippen LogP contribution in [0.1, 0.15) is 34.1 Å². The van der Waals surface area contributed by atoms with Gasteiger partial charge in [-0.2, -0.15) is 0 Å². The van der Waals surface area contributed by atoms with Crippen molar-refractivity contribution in [2.75, 3.05) is 13.7 Å². The number of aliphatic hydroxyl groups excluding tert-OH is 1. The Balaban J connectivity index is 4.66. The van der Waals surface area contributed by atoms with Crippen molar-refractivity contribution < 1.29 is 24.2 Å². The van der Waals surface area contributed by atoms with Crippen LogP contribution in [0.3, 0.4) is 0 Å². The summed E-state index contributed by atoms with van der Waals surface area (Å²) < 4.78 is 9.61. The number of esters is 1. The lowest BCUT2D eigenvalue weighted by Crippen LogP contribution is -2.54. The first-order valence-electron chi connectivity index (χ1n) is 5.35. The first-order chi connectivity index (χ1) is 7.64. The molecular weight excluding hydrogens is 226 g/mol. The third kappa shape index (κ3) is 5.53. The maximum Gasteiger partial charge on any atom is 0.408 e. The van der Waals surface area contributed by atoms with Crippen LogP contribution in [0.25, 0.3) is 0 Å². The fourth-order valence-electron chi connectivity index (χ4n) is 1.19. The third-order valence-electron chi connectivity index (χ3n) is 2.02. The Morgan fingerprint density at radius 2 is 1.76 bits per heavy atom. The molecule has 6 heteroatoms. The van der Waals surface area contributed by atoms with Gasteiger partial charge >= 0.3 is 12.1 Å². The summed E-state index contributed by atoms with van der Waals surface area (Å²) in [6.07, 6.45) is -0.669. The van der Waals surface area contributed by atoms with Gasteiger partial charge in [0.25, 0.3) is 0 Å². The summed E-state index contributed by atoms with van der Waals surface area (Å²) in [7, 11) is 1.22. The van der Waals surface area contributed by atoms with E-state index >= 15 is 0 Å². The number of ether oxygens (including phenoxy) is 2. The third-order valence-corrected chi connectivity index (χ3v) is 2.02. The quantitative estimate of drug-likeness (QED) is 0.719. The van der Waals surface area contributed by atoms with E-state index in [0.29, 0.717) is 0 Å². The van der Waals surface area contributed by atoms with Crippen molar-refractivity contribution >= 4 is 12.1 Å². The van der Waals surface area contributed by atoms with Gasteiger partial charge in [-0.25, -0.2) is 9.59 Å². The van der Waals surface area contributed by atoms with E-state index in [-0.39, 0.29) is 13.0 Å². The maximum atomic E-state index is 11.5. The zero-order valence-corrected chi connectivity index (χ0v) is 11.0. The second kappa shape index (κ2) is 5.86. The average Bonchev–Trinajstić information content (AvgIpc) is 2.13. The zero-order chi connectivity index (χ0) is 13.7. The number of hydrogen-bond donors (Lipinski definition) is 2. The van der Waals surface area contributed by atoms with Crippen molar-refractivity contribution in [3.8, 4) is 0 Å². The fraction of sp³-hybridized carbons (Fsp3) is 0.818. The topological polar surface area (TPSA) is 84.9 Å². The Labute approximate surface area is 101 Å². The molecule has 100 valence electrons. The van der Waals surface area contributed by atoms with E-state index in [2.05, 4.69) is 10.1 Å². The molecule has 0 aromatic carbocycles. The van der Waals surface area contributed by atoms with Gasteiger partial charge in [-0.15, -0.1) is 0 Å². The van der Waals surface area contributed by atoms with Crippen molar-refractivity contribution in [1.82, 2.24) is 5.32 Å². The Morgan fingerprint density at radius 1 is 1.24 bits per heavy atom. The van der Waals surface area contributed by atoms with Crippen LogP contribution in [0.15, 0.2) is 0 Å². The number of alkyl carbamates (subject to hydrolysis) is 1. The van der Waals surface area contributed by atoms with Gasteiger partial charge in [0.15, 0.2) is 0 Å². The van der Waals surface area contributed by atoms with Crippen molar-refractivity contribution in [2.24, 2.45) is 0 Å². The molecule has 0 fully saturated rings. The van der Waals surface area contributed by atoms with Gasteiger partial charge < -0.3 is 19.9 Å². The van der Waals surface area contributed by atoms with Crippen LogP contribution in [0.4, 0.5) is 4.79 Å². The molecule has 0 radical (unpaired) electrons. The summed E-state index contributed by atoms with van der Waals surface area (Å²) in [6.45, 7) is 6.37. The highest BCUT2D eigenvalue weighted by Crippen LogP contribution is 2.14. The minimum atomic E-state index is -1.29. The molecule has 2 N–H and O–H groups in total. The molecule has 0 rings (SSSR count). The number of hydrogen-bond acceptors (Lipinski definition) is 5. The van der Waals surface area contributed by atoms with Gasteiger partial charge in [0.1, 0.15) is 11.1 Å². The molecule has 0 spiro atoms. The Morgan fingerprint density at radius 3 is 2.12 bits per heavy atom. The predicted molar refractivity (Wildman–Crippen MR) is 61.5 cm³/mol. The number of nitrogens with one attached hydrogen (secondary N) is 1. The number of amides is 1. The lowest BCUT2D eigenvalue weighted by atomic mass is 9.99. The highest BCUT2D eigenvalue weighted by molar-refractivity contribution is 5.85. The van der Waals surface area contributed by atoms with E-state index in [9.17, 15) is 9.59 Å². The minimum absolute atomic E-state index is 0.0545. The standard InChI is InChI=1S/C11H21NO5/c1-10(2,3)17-9(15)12-11(4,6-7-13)8(14)16-5/h13H,6-7H2,1-5H3,(H,12,15). The van der Waals surface area contributed by atoms with E-state index in [0.717, 1.165) is 0 Å². The van der Waals surface area contributed by atoms with Crippen molar-refractivity contribution in [2.45, 2.75) is 45.3 Å². The SMILES string of the molecule is COC(=O)C(C)(CCO)NC(=O)OC(C)(C)C. The molecule has 1 atom stereocenters. The fourth-order valence-corrected chi connectivity index (χ4v) is 1.19. The molecule has 0 heterocycles. The summed E-state index contributed by atoms with van der Waals surface area (Å²) in [4.78, 5) is 23.1. The number of aliphatic hydroxyl groups is 1. The molecular formula is C11H21NO5. The molecule has 0 bridgehead atoms. The normalized spacial score (nSPS) is 14.7. The largest absolute Gasteiger partial charge is 0.467 e. The molecule has 0 saturated heterocycles. The predicted octanol–water partition coefficient (Wildman–Crippen LogP) is 0.825. The van der Waals surface area contributed by atoms with Gasteiger partial charge in [0.05, 0.1) is 7.11 Å². The summed E-state index contributed by atoms with van der Waals surface area (Å²) in [5, 5.41) is 11.3. The van der Waals surface area contributed by atoms with Gasteiger partial charge in [0, 0.05) is 13.0 Å². The second-order valence-electron chi connectivity index (χ2n) is 4.92. The van der Waals surface area contributed by atoms with Crippen molar-refractivity contribution in [1.29, 1.82) is 0 Å². The van der Waals surface area contributed by atoms with Crippen molar-refractivity contribution in [3.05, 3.63) is 0 Å². The molecule has 0 aromatic rings. The van der Waals surface area contributed by atoms with Crippen LogP contribution < -0.4 is 5.32 Å². The second-order valence-corrected chi connectivity index (χ2v) is 4.92. The highest BCUT2D eigenvalue weighted by Gasteiger charge is 2.36. The van der Waals surface area contributed by atoms with E-state index in [1.54, 1.807) is 20.8 Å². The summed E-state index contributed by atoms with van der Waals surface area (Å²) in [5.74, 6) is -0.627. The zero-order valence-electron chi connectivity index (χ0n) is 11.0. The van der Waals surface area contributed by atoms with E-state index < -0.39 is 23.2 Å². The Kier molecular flexibility index (Phi) is 5.41. The lowest BCUT2D eigenvalue weighted by Gasteiger charge is -2.29. The molecule has 0 aliphatic rings. The highest BCUT2D eigenvalue weighted by atomic mass is 16.6. The van der Waals surface area contributed by atoms with Gasteiger partial charge in [-0.1, -0.05) is 0 Å². The van der Waals surface area contributed by atoms with Gasteiger partial charge in [-0.05, 0) is 27.7 Å². The summed E-state index contributed by atoms with van der Waals surface area (Å²) in [5.41, 5.74) is -1.94. The number of carbonyl (C=O) groups excluding carboxylic acids is 2. The van der Waals surface area contributed by atoms with Crippen LogP contribution in [-0.2, 0) is 14.3 Å². The van der Waals surface area contributed by atoms with E-state index in [4.69, 9.17) is 9.84 Å². The van der Waals surface area contributed by atoms with Crippen LogP contribution in [0.2, 0.25) is 0 Å². The molecule has 1 amide bonds. The van der Waals surface area contributed by atoms with Crippen LogP contribution in [-0.4, -0.2) is 42.0 Å². The van der Waals surface area contributed by atoms with Crippen molar-refractivity contribution in [3.63, 3.8) is 0 Å². The summed E-state index contributed by atoms with van der Waals surface area (Å²) in [6, 6.07) is 0. The average molecular weight is 247 g/mol. The number of methoxy groups -OCH3 is 1. The Hall–Kier alpha value is -1.30. The monoisotopic (exact) mass is 247 g/mol. The smallest absolute Gasteiger partial charge is 0.408 e. The van der Waals surface area contributed by atoms with Crippen LogP contribution in [0, 0.1) is 0 Å². The van der Waals surface area contributed by atoms with E-state index in [1.807, 2.05) is 0 Å². The molecule has 0 aromatic heterocycles. The van der Waals surface area contributed by atoms with Gasteiger partial charge in [0.2, 0.25) is 0 Å².